The van der Waals surface area contributed by atoms with Gasteiger partial charge in [0.05, 0.1) is 14.1 Å². The van der Waals surface area contributed by atoms with Gasteiger partial charge in [-0.15, -0.1) is 0 Å². The highest BCUT2D eigenvalue weighted by atomic mass is 16.5. The molecular weight excluding hydrogens is 228 g/mol. The lowest BCUT2D eigenvalue weighted by molar-refractivity contribution is -0.882. The van der Waals surface area contributed by atoms with Crippen molar-refractivity contribution in [3.63, 3.8) is 0 Å². The summed E-state index contributed by atoms with van der Waals surface area (Å²) in [6, 6.07) is 0. The SMILES string of the molecule is C[N+](C)(CCOC(=O)C=CC(=O)O)CC(N)=O. The Kier molecular flexibility index (Phi) is 5.90. The minimum Gasteiger partial charge on any atom is -0.478 e. The summed E-state index contributed by atoms with van der Waals surface area (Å²) in [4.78, 5) is 31.8. The van der Waals surface area contributed by atoms with E-state index in [9.17, 15) is 14.4 Å². The van der Waals surface area contributed by atoms with E-state index in [0.717, 1.165) is 6.08 Å². The maximum atomic E-state index is 11.0. The molecule has 7 heteroatoms. The third-order valence-electron chi connectivity index (χ3n) is 1.89. The Morgan fingerprint density at radius 1 is 1.29 bits per heavy atom. The van der Waals surface area contributed by atoms with E-state index in [1.807, 2.05) is 0 Å². The average molecular weight is 245 g/mol. The molecule has 0 radical (unpaired) electrons. The normalized spacial score (nSPS) is 11.4. The van der Waals surface area contributed by atoms with Gasteiger partial charge in [0.15, 0.2) is 6.54 Å². The Morgan fingerprint density at radius 3 is 2.35 bits per heavy atom. The number of hydrogen-bond donors (Lipinski definition) is 2. The van der Waals surface area contributed by atoms with Crippen molar-refractivity contribution in [1.82, 2.24) is 0 Å². The van der Waals surface area contributed by atoms with Crippen molar-refractivity contribution in [1.29, 1.82) is 0 Å². The number of quaternary nitrogens is 1. The fourth-order valence-corrected chi connectivity index (χ4v) is 1.08. The molecule has 0 fully saturated rings. The van der Waals surface area contributed by atoms with Crippen molar-refractivity contribution in [2.45, 2.75) is 0 Å². The van der Waals surface area contributed by atoms with E-state index in [-0.39, 0.29) is 13.2 Å². The number of carboxylic acids is 1. The van der Waals surface area contributed by atoms with Crippen LogP contribution < -0.4 is 5.73 Å². The molecule has 0 atom stereocenters. The van der Waals surface area contributed by atoms with Crippen LogP contribution in [0.2, 0.25) is 0 Å². The predicted octanol–water partition coefficient (Wildman–Crippen LogP) is -1.27. The first kappa shape index (κ1) is 15.1. The Labute approximate surface area is 99.0 Å². The molecular formula is C10H17N2O5+. The van der Waals surface area contributed by atoms with Gasteiger partial charge in [0.2, 0.25) is 0 Å². The molecule has 0 unspecified atom stereocenters. The van der Waals surface area contributed by atoms with E-state index in [1.165, 1.54) is 0 Å². The summed E-state index contributed by atoms with van der Waals surface area (Å²) < 4.78 is 5.05. The predicted molar refractivity (Wildman–Crippen MR) is 58.8 cm³/mol. The van der Waals surface area contributed by atoms with Crippen molar-refractivity contribution in [3.8, 4) is 0 Å². The van der Waals surface area contributed by atoms with Crippen LogP contribution in [0.3, 0.4) is 0 Å². The van der Waals surface area contributed by atoms with Crippen LogP contribution in [0.1, 0.15) is 0 Å². The minimum atomic E-state index is -1.22. The maximum Gasteiger partial charge on any atom is 0.331 e. The molecule has 17 heavy (non-hydrogen) atoms. The van der Waals surface area contributed by atoms with Crippen LogP contribution in [0.15, 0.2) is 12.2 Å². The van der Waals surface area contributed by atoms with Crippen LogP contribution in [-0.2, 0) is 19.1 Å². The summed E-state index contributed by atoms with van der Waals surface area (Å²) in [7, 11) is 3.54. The highest BCUT2D eigenvalue weighted by Crippen LogP contribution is 1.96. The van der Waals surface area contributed by atoms with Gasteiger partial charge in [-0.3, -0.25) is 4.79 Å². The van der Waals surface area contributed by atoms with Crippen LogP contribution >= 0.6 is 0 Å². The monoisotopic (exact) mass is 245 g/mol. The molecule has 0 aliphatic carbocycles. The number of esters is 1. The molecule has 0 bridgehead atoms. The first-order valence-corrected chi connectivity index (χ1v) is 4.91. The lowest BCUT2D eigenvalue weighted by Crippen LogP contribution is -2.48. The molecule has 96 valence electrons. The molecule has 0 saturated heterocycles. The second kappa shape index (κ2) is 6.64. The zero-order valence-electron chi connectivity index (χ0n) is 9.88. The molecule has 0 heterocycles. The number of likely N-dealkylation sites (N-methyl/N-ethyl adjacent to an activating group) is 1. The summed E-state index contributed by atoms with van der Waals surface area (Å²) in [6.45, 7) is 0.640. The lowest BCUT2D eigenvalue weighted by atomic mass is 10.4. The molecule has 0 aromatic carbocycles. The second-order valence-corrected chi connectivity index (χ2v) is 4.12. The number of carbonyl (C=O) groups is 3. The summed E-state index contributed by atoms with van der Waals surface area (Å²) in [5.41, 5.74) is 5.05. The smallest absolute Gasteiger partial charge is 0.331 e. The second-order valence-electron chi connectivity index (χ2n) is 4.12. The van der Waals surface area contributed by atoms with Crippen LogP contribution in [-0.4, -0.2) is 61.2 Å². The number of nitrogens with zero attached hydrogens (tertiary/aromatic N) is 1. The van der Waals surface area contributed by atoms with Crippen molar-refractivity contribution < 1.29 is 28.7 Å². The quantitative estimate of drug-likeness (QED) is 0.330. The molecule has 3 N–H and O–H groups in total. The van der Waals surface area contributed by atoms with Gasteiger partial charge < -0.3 is 20.1 Å². The zero-order chi connectivity index (χ0) is 13.5. The van der Waals surface area contributed by atoms with E-state index in [1.54, 1.807) is 14.1 Å². The number of hydrogen-bond acceptors (Lipinski definition) is 4. The van der Waals surface area contributed by atoms with Gasteiger partial charge in [-0.25, -0.2) is 9.59 Å². The van der Waals surface area contributed by atoms with Crippen LogP contribution in [0.25, 0.3) is 0 Å². The molecule has 0 aromatic heterocycles. The molecule has 7 nitrogen and oxygen atoms in total. The third-order valence-corrected chi connectivity index (χ3v) is 1.89. The number of carbonyl (C=O) groups excluding carboxylic acids is 2. The van der Waals surface area contributed by atoms with E-state index < -0.39 is 17.8 Å². The summed E-state index contributed by atoms with van der Waals surface area (Å²) in [6.07, 6.45) is 1.53. The molecule has 0 saturated carbocycles. The summed E-state index contributed by atoms with van der Waals surface area (Å²) >= 11 is 0. The van der Waals surface area contributed by atoms with E-state index >= 15 is 0 Å². The van der Waals surface area contributed by atoms with Crippen molar-refractivity contribution in [2.75, 3.05) is 33.8 Å². The zero-order valence-corrected chi connectivity index (χ0v) is 9.88. The lowest BCUT2D eigenvalue weighted by Gasteiger charge is -2.27. The van der Waals surface area contributed by atoms with Gasteiger partial charge in [0, 0.05) is 12.2 Å². The van der Waals surface area contributed by atoms with Crippen LogP contribution in [0.4, 0.5) is 0 Å². The van der Waals surface area contributed by atoms with Gasteiger partial charge in [-0.1, -0.05) is 0 Å². The summed E-state index contributed by atoms with van der Waals surface area (Å²) in [5.74, 6) is -2.38. The number of carboxylic acid groups (broad SMARTS) is 1. The molecule has 0 aromatic rings. The van der Waals surface area contributed by atoms with Gasteiger partial charge in [-0.2, -0.15) is 0 Å². The standard InChI is InChI=1S/C10H16N2O5/c1-12(2,7-8(11)13)5-6-17-10(16)4-3-9(14)15/h3-4H,5-7H2,1-2H3,(H2-,11,13,14,15)/p+1. The first-order valence-electron chi connectivity index (χ1n) is 4.91. The molecule has 0 aliphatic heterocycles. The maximum absolute atomic E-state index is 11.0. The highest BCUT2D eigenvalue weighted by molar-refractivity contribution is 5.90. The topological polar surface area (TPSA) is 107 Å². The van der Waals surface area contributed by atoms with Crippen LogP contribution in [0.5, 0.6) is 0 Å². The highest BCUT2D eigenvalue weighted by Gasteiger charge is 2.18. The van der Waals surface area contributed by atoms with Gasteiger partial charge in [-0.05, 0) is 0 Å². The Hall–Kier alpha value is -1.89. The van der Waals surface area contributed by atoms with E-state index in [0.29, 0.717) is 17.1 Å². The number of nitrogens with two attached hydrogens (primary N) is 1. The molecule has 0 aliphatic rings. The van der Waals surface area contributed by atoms with E-state index in [4.69, 9.17) is 15.6 Å². The number of amides is 1. The largest absolute Gasteiger partial charge is 0.478 e. The molecule has 1 amide bonds. The number of primary amides is 1. The molecule has 0 rings (SSSR count). The van der Waals surface area contributed by atoms with Gasteiger partial charge in [0.25, 0.3) is 5.91 Å². The Bertz CT molecular complexity index is 336. The minimum absolute atomic E-state index is 0.0864. The third kappa shape index (κ3) is 9.06. The number of rotatable bonds is 7. The van der Waals surface area contributed by atoms with E-state index in [2.05, 4.69) is 0 Å². The fourth-order valence-electron chi connectivity index (χ4n) is 1.08. The van der Waals surface area contributed by atoms with Gasteiger partial charge in [0.1, 0.15) is 13.2 Å². The summed E-state index contributed by atoms with van der Waals surface area (Å²) in [5, 5.41) is 8.27. The van der Waals surface area contributed by atoms with Crippen molar-refractivity contribution >= 4 is 17.8 Å². The average Bonchev–Trinajstić information content (AvgIpc) is 2.12. The fraction of sp³-hybridized carbons (Fsp3) is 0.500. The van der Waals surface area contributed by atoms with Gasteiger partial charge >= 0.3 is 11.9 Å². The van der Waals surface area contributed by atoms with Crippen LogP contribution in [0, 0.1) is 0 Å². The Morgan fingerprint density at radius 2 is 1.88 bits per heavy atom. The number of ether oxygens (including phenoxy) is 1. The van der Waals surface area contributed by atoms with Crippen molar-refractivity contribution in [2.24, 2.45) is 5.73 Å². The Balaban J connectivity index is 3.94. The number of aliphatic carboxylic acids is 1. The molecule has 0 spiro atoms. The first-order chi connectivity index (χ1) is 7.73. The van der Waals surface area contributed by atoms with Crippen molar-refractivity contribution in [3.05, 3.63) is 12.2 Å².